The van der Waals surface area contributed by atoms with Crippen LogP contribution in [-0.4, -0.2) is 44.6 Å². The highest BCUT2D eigenvalue weighted by atomic mass is 16.5. The molecule has 1 aliphatic rings. The van der Waals surface area contributed by atoms with E-state index in [-0.39, 0.29) is 17.9 Å². The molecule has 6 heteroatoms. The molecule has 1 fully saturated rings. The van der Waals surface area contributed by atoms with Crippen molar-refractivity contribution in [1.82, 2.24) is 10.6 Å². The molecule has 1 aliphatic heterocycles. The Morgan fingerprint density at radius 3 is 2.48 bits per heavy atom. The van der Waals surface area contributed by atoms with E-state index in [1.54, 1.807) is 14.0 Å². The minimum absolute atomic E-state index is 0.0123. The number of hydrogen-bond donors (Lipinski definition) is 2. The van der Waals surface area contributed by atoms with Gasteiger partial charge in [-0.3, -0.25) is 9.59 Å². The lowest BCUT2D eigenvalue weighted by atomic mass is 10.0. The molecule has 0 unspecified atom stereocenters. The van der Waals surface area contributed by atoms with Gasteiger partial charge in [0.25, 0.3) is 5.91 Å². The molecule has 29 heavy (non-hydrogen) atoms. The minimum Gasteiger partial charge on any atom is -0.496 e. The quantitative estimate of drug-likeness (QED) is 0.756. The fourth-order valence-electron chi connectivity index (χ4n) is 3.81. The zero-order valence-electron chi connectivity index (χ0n) is 17.1. The van der Waals surface area contributed by atoms with Gasteiger partial charge in [0.1, 0.15) is 5.75 Å². The molecule has 1 heterocycles. The maximum Gasteiger partial charge on any atom is 0.253 e. The third-order valence-electron chi connectivity index (χ3n) is 5.26. The third-order valence-corrected chi connectivity index (χ3v) is 5.26. The summed E-state index contributed by atoms with van der Waals surface area (Å²) in [7, 11) is 1.66. The molecule has 0 radical (unpaired) electrons. The Morgan fingerprint density at radius 2 is 1.76 bits per heavy atom. The van der Waals surface area contributed by atoms with Crippen LogP contribution in [0.1, 0.15) is 35.7 Å². The van der Waals surface area contributed by atoms with E-state index in [0.717, 1.165) is 42.9 Å². The summed E-state index contributed by atoms with van der Waals surface area (Å²) in [5.74, 6) is 0.780. The molecule has 0 bridgehead atoms. The van der Waals surface area contributed by atoms with Gasteiger partial charge in [0.2, 0.25) is 5.91 Å². The van der Waals surface area contributed by atoms with Crippen LogP contribution in [0.3, 0.4) is 0 Å². The van der Waals surface area contributed by atoms with E-state index < -0.39 is 0 Å². The molecule has 0 saturated carbocycles. The van der Waals surface area contributed by atoms with Crippen LogP contribution in [0, 0.1) is 0 Å². The number of anilines is 1. The first kappa shape index (κ1) is 20.7. The second kappa shape index (κ2) is 9.96. The molecule has 3 rings (SSSR count). The Morgan fingerprint density at radius 1 is 1.07 bits per heavy atom. The molecular weight excluding hydrogens is 366 g/mol. The second-order valence-electron chi connectivity index (χ2n) is 7.30. The number of nitrogens with zero attached hydrogens (tertiary/aromatic N) is 1. The SMILES string of the molecule is COc1ccccc1CCNC(=O)c1ccccc1N1CCC(NC(C)=O)CC1. The average molecular weight is 396 g/mol. The first-order chi connectivity index (χ1) is 14.1. The minimum atomic E-state index is -0.0699. The number of benzene rings is 2. The number of carbonyl (C=O) groups is 2. The fourth-order valence-corrected chi connectivity index (χ4v) is 3.81. The molecule has 2 aromatic carbocycles. The molecule has 2 amide bonds. The van der Waals surface area contributed by atoms with Gasteiger partial charge in [0, 0.05) is 38.3 Å². The molecule has 2 N–H and O–H groups in total. The van der Waals surface area contributed by atoms with E-state index in [1.165, 1.54) is 0 Å². The predicted molar refractivity (Wildman–Crippen MR) is 115 cm³/mol. The standard InChI is InChI=1S/C23H29N3O3/c1-17(27)25-19-12-15-26(16-13-19)21-9-5-4-8-20(21)23(28)24-14-11-18-7-3-6-10-22(18)29-2/h3-10,19H,11-16H2,1-2H3,(H,24,28)(H,25,27). The zero-order chi connectivity index (χ0) is 20.6. The number of nitrogens with one attached hydrogen (secondary N) is 2. The highest BCUT2D eigenvalue weighted by Crippen LogP contribution is 2.24. The normalized spacial score (nSPS) is 14.3. The van der Waals surface area contributed by atoms with Gasteiger partial charge in [0.15, 0.2) is 0 Å². The van der Waals surface area contributed by atoms with Gasteiger partial charge in [-0.05, 0) is 43.0 Å². The summed E-state index contributed by atoms with van der Waals surface area (Å²) in [6.07, 6.45) is 2.46. The zero-order valence-corrected chi connectivity index (χ0v) is 17.1. The Hall–Kier alpha value is -3.02. The summed E-state index contributed by atoms with van der Waals surface area (Å²) >= 11 is 0. The van der Waals surface area contributed by atoms with Crippen LogP contribution in [0.2, 0.25) is 0 Å². The summed E-state index contributed by atoms with van der Waals surface area (Å²) in [5.41, 5.74) is 2.71. The first-order valence-corrected chi connectivity index (χ1v) is 10.1. The molecule has 1 saturated heterocycles. The summed E-state index contributed by atoms with van der Waals surface area (Å²) in [6.45, 7) is 3.72. The van der Waals surface area contributed by atoms with Crippen molar-refractivity contribution in [3.63, 3.8) is 0 Å². The van der Waals surface area contributed by atoms with E-state index in [0.29, 0.717) is 18.5 Å². The topological polar surface area (TPSA) is 70.7 Å². The lowest BCUT2D eigenvalue weighted by Crippen LogP contribution is -2.44. The van der Waals surface area contributed by atoms with Gasteiger partial charge >= 0.3 is 0 Å². The van der Waals surface area contributed by atoms with Crippen LogP contribution in [0.25, 0.3) is 0 Å². The van der Waals surface area contributed by atoms with E-state index in [1.807, 2.05) is 48.5 Å². The van der Waals surface area contributed by atoms with Crippen LogP contribution < -0.4 is 20.3 Å². The maximum atomic E-state index is 12.8. The Kier molecular flexibility index (Phi) is 7.11. The Balaban J connectivity index is 1.60. The van der Waals surface area contributed by atoms with Crippen molar-refractivity contribution < 1.29 is 14.3 Å². The summed E-state index contributed by atoms with van der Waals surface area (Å²) in [6, 6.07) is 15.8. The number of carbonyl (C=O) groups excluding carboxylic acids is 2. The van der Waals surface area contributed by atoms with Crippen molar-refractivity contribution >= 4 is 17.5 Å². The molecule has 6 nitrogen and oxygen atoms in total. The first-order valence-electron chi connectivity index (χ1n) is 10.1. The van der Waals surface area contributed by atoms with Crippen molar-refractivity contribution in [2.75, 3.05) is 31.6 Å². The van der Waals surface area contributed by atoms with Gasteiger partial charge in [-0.1, -0.05) is 30.3 Å². The van der Waals surface area contributed by atoms with Crippen LogP contribution in [-0.2, 0) is 11.2 Å². The lowest BCUT2D eigenvalue weighted by molar-refractivity contribution is -0.119. The van der Waals surface area contributed by atoms with Crippen molar-refractivity contribution in [2.45, 2.75) is 32.2 Å². The van der Waals surface area contributed by atoms with Gasteiger partial charge in [-0.15, -0.1) is 0 Å². The summed E-state index contributed by atoms with van der Waals surface area (Å²) in [4.78, 5) is 26.3. The average Bonchev–Trinajstić information content (AvgIpc) is 2.74. The van der Waals surface area contributed by atoms with Crippen molar-refractivity contribution in [3.05, 3.63) is 59.7 Å². The van der Waals surface area contributed by atoms with Gasteiger partial charge in [-0.2, -0.15) is 0 Å². The van der Waals surface area contributed by atoms with Crippen LogP contribution in [0.5, 0.6) is 5.75 Å². The van der Waals surface area contributed by atoms with Crippen molar-refractivity contribution in [1.29, 1.82) is 0 Å². The Labute approximate surface area is 172 Å². The maximum absolute atomic E-state index is 12.8. The highest BCUT2D eigenvalue weighted by molar-refractivity contribution is 5.99. The van der Waals surface area contributed by atoms with Gasteiger partial charge < -0.3 is 20.3 Å². The van der Waals surface area contributed by atoms with E-state index >= 15 is 0 Å². The van der Waals surface area contributed by atoms with E-state index in [2.05, 4.69) is 15.5 Å². The number of piperidine rings is 1. The van der Waals surface area contributed by atoms with Gasteiger partial charge in [0.05, 0.1) is 12.7 Å². The van der Waals surface area contributed by atoms with Crippen molar-refractivity contribution in [2.24, 2.45) is 0 Å². The Bertz CT molecular complexity index is 845. The number of rotatable bonds is 7. The molecule has 0 atom stereocenters. The van der Waals surface area contributed by atoms with Gasteiger partial charge in [-0.25, -0.2) is 0 Å². The van der Waals surface area contributed by atoms with Crippen LogP contribution >= 0.6 is 0 Å². The molecular formula is C23H29N3O3. The molecule has 154 valence electrons. The third kappa shape index (κ3) is 5.50. The molecule has 2 aromatic rings. The molecule has 0 aliphatic carbocycles. The van der Waals surface area contributed by atoms with Crippen molar-refractivity contribution in [3.8, 4) is 5.75 Å². The number of ether oxygens (including phenoxy) is 1. The second-order valence-corrected chi connectivity index (χ2v) is 7.30. The monoisotopic (exact) mass is 395 g/mol. The fraction of sp³-hybridized carbons (Fsp3) is 0.391. The molecule has 0 aromatic heterocycles. The predicted octanol–water partition coefficient (Wildman–Crippen LogP) is 2.77. The summed E-state index contributed by atoms with van der Waals surface area (Å²) < 4.78 is 5.37. The van der Waals surface area contributed by atoms with E-state index in [9.17, 15) is 9.59 Å². The van der Waals surface area contributed by atoms with E-state index in [4.69, 9.17) is 4.74 Å². The highest BCUT2D eigenvalue weighted by Gasteiger charge is 2.23. The molecule has 0 spiro atoms. The number of amides is 2. The largest absolute Gasteiger partial charge is 0.496 e. The summed E-state index contributed by atoms with van der Waals surface area (Å²) in [5, 5.41) is 6.02. The van der Waals surface area contributed by atoms with Crippen LogP contribution in [0.15, 0.2) is 48.5 Å². The number of para-hydroxylation sites is 2. The smallest absolute Gasteiger partial charge is 0.253 e. The lowest BCUT2D eigenvalue weighted by Gasteiger charge is -2.34. The number of hydrogen-bond acceptors (Lipinski definition) is 4. The van der Waals surface area contributed by atoms with Crippen LogP contribution in [0.4, 0.5) is 5.69 Å². The number of methoxy groups -OCH3 is 1.